The van der Waals surface area contributed by atoms with Crippen LogP contribution in [0.4, 0.5) is 5.82 Å². The Balaban J connectivity index is 1.29. The van der Waals surface area contributed by atoms with Gasteiger partial charge in [-0.15, -0.1) is 0 Å². The molecule has 0 spiro atoms. The molecule has 1 aliphatic carbocycles. The SMILES string of the molecule is COc1ccc(CC(=O)Nc2cc([C@H]3C[C@@H](c4ccc(CO)cc4)C3)n[nH]2)cc1. The van der Waals surface area contributed by atoms with Crippen LogP contribution >= 0.6 is 0 Å². The molecule has 1 aromatic heterocycles. The predicted molar refractivity (Wildman–Crippen MR) is 111 cm³/mol. The maximum atomic E-state index is 12.3. The fourth-order valence-corrected chi connectivity index (χ4v) is 3.76. The highest BCUT2D eigenvalue weighted by Crippen LogP contribution is 2.47. The molecule has 2 aromatic carbocycles. The van der Waals surface area contributed by atoms with E-state index in [2.05, 4.69) is 27.6 Å². The first-order valence-corrected chi connectivity index (χ1v) is 9.82. The molecule has 0 atom stereocenters. The third kappa shape index (κ3) is 4.49. The second kappa shape index (κ2) is 8.49. The molecular formula is C23H25N3O3. The van der Waals surface area contributed by atoms with Crippen LogP contribution in [-0.2, 0) is 17.8 Å². The normalized spacial score (nSPS) is 18.1. The molecule has 0 radical (unpaired) electrons. The monoisotopic (exact) mass is 391 g/mol. The van der Waals surface area contributed by atoms with Crippen molar-refractivity contribution < 1.29 is 14.6 Å². The lowest BCUT2D eigenvalue weighted by Gasteiger charge is -2.34. The van der Waals surface area contributed by atoms with Crippen LogP contribution in [0.15, 0.2) is 54.6 Å². The van der Waals surface area contributed by atoms with Gasteiger partial charge in [0.15, 0.2) is 0 Å². The minimum Gasteiger partial charge on any atom is -0.497 e. The number of hydrogen-bond acceptors (Lipinski definition) is 4. The highest BCUT2D eigenvalue weighted by molar-refractivity contribution is 5.91. The number of aliphatic hydroxyl groups is 1. The van der Waals surface area contributed by atoms with Gasteiger partial charge in [0, 0.05) is 12.0 Å². The molecular weight excluding hydrogens is 366 g/mol. The van der Waals surface area contributed by atoms with Crippen LogP contribution in [-0.4, -0.2) is 28.3 Å². The zero-order valence-corrected chi connectivity index (χ0v) is 16.4. The molecule has 3 aromatic rings. The number of methoxy groups -OCH3 is 1. The van der Waals surface area contributed by atoms with Gasteiger partial charge in [0.1, 0.15) is 11.6 Å². The number of carbonyl (C=O) groups excluding carboxylic acids is 1. The lowest BCUT2D eigenvalue weighted by atomic mass is 9.70. The number of hydrogen-bond donors (Lipinski definition) is 3. The maximum Gasteiger partial charge on any atom is 0.229 e. The first-order valence-electron chi connectivity index (χ1n) is 9.82. The van der Waals surface area contributed by atoms with E-state index in [1.165, 1.54) is 5.56 Å². The van der Waals surface area contributed by atoms with Crippen molar-refractivity contribution in [2.45, 2.75) is 37.7 Å². The van der Waals surface area contributed by atoms with Crippen molar-refractivity contribution in [1.82, 2.24) is 10.2 Å². The van der Waals surface area contributed by atoms with Gasteiger partial charge in [0.05, 0.1) is 25.8 Å². The van der Waals surface area contributed by atoms with Crippen molar-refractivity contribution in [2.24, 2.45) is 0 Å². The summed E-state index contributed by atoms with van der Waals surface area (Å²) < 4.78 is 5.13. The lowest BCUT2D eigenvalue weighted by Crippen LogP contribution is -2.20. The van der Waals surface area contributed by atoms with Crippen LogP contribution in [0.25, 0.3) is 0 Å². The molecule has 29 heavy (non-hydrogen) atoms. The summed E-state index contributed by atoms with van der Waals surface area (Å²) in [6.07, 6.45) is 2.39. The van der Waals surface area contributed by atoms with Gasteiger partial charge < -0.3 is 15.2 Å². The second-order valence-electron chi connectivity index (χ2n) is 7.54. The average Bonchev–Trinajstić information content (AvgIpc) is 3.15. The summed E-state index contributed by atoms with van der Waals surface area (Å²) in [6, 6.07) is 17.6. The summed E-state index contributed by atoms with van der Waals surface area (Å²) in [5.41, 5.74) is 4.17. The van der Waals surface area contributed by atoms with Crippen LogP contribution in [0.3, 0.4) is 0 Å². The Kier molecular flexibility index (Phi) is 5.62. The molecule has 4 rings (SSSR count). The van der Waals surface area contributed by atoms with E-state index in [9.17, 15) is 4.79 Å². The summed E-state index contributed by atoms with van der Waals surface area (Å²) in [7, 11) is 1.62. The third-order valence-electron chi connectivity index (χ3n) is 5.59. The maximum absolute atomic E-state index is 12.3. The smallest absolute Gasteiger partial charge is 0.229 e. The minimum absolute atomic E-state index is 0.0772. The number of benzene rings is 2. The topological polar surface area (TPSA) is 87.2 Å². The van der Waals surface area contributed by atoms with Crippen LogP contribution < -0.4 is 10.1 Å². The highest BCUT2D eigenvalue weighted by Gasteiger charge is 2.33. The molecule has 3 N–H and O–H groups in total. The van der Waals surface area contributed by atoms with E-state index in [0.717, 1.165) is 35.4 Å². The van der Waals surface area contributed by atoms with Crippen molar-refractivity contribution in [3.63, 3.8) is 0 Å². The van der Waals surface area contributed by atoms with Gasteiger partial charge in [-0.25, -0.2) is 0 Å². The zero-order valence-electron chi connectivity index (χ0n) is 16.4. The number of nitrogens with one attached hydrogen (secondary N) is 2. The van der Waals surface area contributed by atoms with Crippen LogP contribution in [0, 0.1) is 0 Å². The molecule has 6 heteroatoms. The average molecular weight is 391 g/mol. The van der Waals surface area contributed by atoms with Crippen molar-refractivity contribution >= 4 is 11.7 Å². The summed E-state index contributed by atoms with van der Waals surface area (Å²) in [4.78, 5) is 12.3. The van der Waals surface area contributed by atoms with Gasteiger partial charge >= 0.3 is 0 Å². The number of ether oxygens (including phenoxy) is 1. The van der Waals surface area contributed by atoms with Gasteiger partial charge in [-0.2, -0.15) is 5.10 Å². The summed E-state index contributed by atoms with van der Waals surface area (Å²) in [5.74, 6) is 2.25. The fraction of sp³-hybridized carbons (Fsp3) is 0.304. The second-order valence-corrected chi connectivity index (χ2v) is 7.54. The van der Waals surface area contributed by atoms with Gasteiger partial charge in [-0.05, 0) is 47.6 Å². The summed E-state index contributed by atoms with van der Waals surface area (Å²) >= 11 is 0. The molecule has 1 fully saturated rings. The van der Waals surface area contributed by atoms with Gasteiger partial charge in [0.2, 0.25) is 5.91 Å². The van der Waals surface area contributed by atoms with E-state index in [4.69, 9.17) is 9.84 Å². The van der Waals surface area contributed by atoms with E-state index in [-0.39, 0.29) is 12.5 Å². The summed E-state index contributed by atoms with van der Waals surface area (Å²) in [5, 5.41) is 19.4. The Bertz CT molecular complexity index is 958. The number of H-pyrrole nitrogens is 1. The first-order chi connectivity index (χ1) is 14.1. The third-order valence-corrected chi connectivity index (χ3v) is 5.59. The molecule has 0 unspecified atom stereocenters. The van der Waals surface area contributed by atoms with E-state index >= 15 is 0 Å². The number of carbonyl (C=O) groups is 1. The number of amides is 1. The zero-order chi connectivity index (χ0) is 20.2. The largest absolute Gasteiger partial charge is 0.497 e. The van der Waals surface area contributed by atoms with Gasteiger partial charge in [-0.3, -0.25) is 9.89 Å². The molecule has 1 aliphatic rings. The minimum atomic E-state index is -0.0826. The molecule has 0 saturated heterocycles. The Morgan fingerprint density at radius 1 is 1.10 bits per heavy atom. The standard InChI is InChI=1S/C23H25N3O3/c1-29-20-8-4-15(5-9-20)10-23(28)24-22-13-21(25-26-22)19-11-18(12-19)17-6-2-16(14-27)3-7-17/h2-9,13,18-19,27H,10-12,14H2,1H3,(H2,24,25,26,28)/t18-,19+. The Morgan fingerprint density at radius 3 is 2.45 bits per heavy atom. The van der Waals surface area contributed by atoms with Crippen LogP contribution in [0.2, 0.25) is 0 Å². The Morgan fingerprint density at radius 2 is 1.79 bits per heavy atom. The van der Waals surface area contributed by atoms with Crippen molar-refractivity contribution in [2.75, 3.05) is 12.4 Å². The van der Waals surface area contributed by atoms with E-state index in [0.29, 0.717) is 24.1 Å². The predicted octanol–water partition coefficient (Wildman–Crippen LogP) is 3.75. The fourth-order valence-electron chi connectivity index (χ4n) is 3.76. The van der Waals surface area contributed by atoms with E-state index in [1.807, 2.05) is 42.5 Å². The quantitative estimate of drug-likeness (QED) is 0.572. The number of nitrogens with zero attached hydrogens (tertiary/aromatic N) is 1. The number of aromatic amines is 1. The molecule has 0 bridgehead atoms. The van der Waals surface area contributed by atoms with Crippen molar-refractivity contribution in [3.8, 4) is 5.75 Å². The number of aliphatic hydroxyl groups excluding tert-OH is 1. The Hall–Kier alpha value is -3.12. The summed E-state index contributed by atoms with van der Waals surface area (Å²) in [6.45, 7) is 0.0772. The highest BCUT2D eigenvalue weighted by atomic mass is 16.5. The van der Waals surface area contributed by atoms with Crippen LogP contribution in [0.1, 0.15) is 47.1 Å². The van der Waals surface area contributed by atoms with E-state index in [1.54, 1.807) is 7.11 Å². The number of anilines is 1. The molecule has 6 nitrogen and oxygen atoms in total. The van der Waals surface area contributed by atoms with Crippen molar-refractivity contribution in [1.29, 1.82) is 0 Å². The molecule has 1 saturated carbocycles. The lowest BCUT2D eigenvalue weighted by molar-refractivity contribution is -0.115. The first kappa shape index (κ1) is 19.2. The molecule has 1 amide bonds. The molecule has 150 valence electrons. The Labute approximate surface area is 169 Å². The number of aromatic nitrogens is 2. The van der Waals surface area contributed by atoms with Crippen molar-refractivity contribution in [3.05, 3.63) is 77.0 Å². The van der Waals surface area contributed by atoms with Crippen LogP contribution in [0.5, 0.6) is 5.75 Å². The number of rotatable bonds is 7. The van der Waals surface area contributed by atoms with Gasteiger partial charge in [0.25, 0.3) is 0 Å². The van der Waals surface area contributed by atoms with Gasteiger partial charge in [-0.1, -0.05) is 36.4 Å². The molecule has 1 heterocycles. The molecule has 0 aliphatic heterocycles. The van der Waals surface area contributed by atoms with E-state index < -0.39 is 0 Å².